The number of nitrogens with zero attached hydrogens (tertiary/aromatic N) is 2. The van der Waals surface area contributed by atoms with Gasteiger partial charge in [-0.15, -0.1) is 0 Å². The van der Waals surface area contributed by atoms with Gasteiger partial charge >= 0.3 is 5.97 Å². The van der Waals surface area contributed by atoms with Crippen LogP contribution in [0.15, 0.2) is 18.2 Å². The Balaban J connectivity index is 2.60. The summed E-state index contributed by atoms with van der Waals surface area (Å²) in [6.07, 6.45) is -0.687. The van der Waals surface area contributed by atoms with Crippen molar-refractivity contribution >= 4 is 5.97 Å². The number of carbonyl (C=O) groups is 1. The van der Waals surface area contributed by atoms with Gasteiger partial charge in [0.25, 0.3) is 0 Å². The number of esters is 1. The number of benzene rings is 1. The van der Waals surface area contributed by atoms with Gasteiger partial charge in [0.2, 0.25) is 0 Å². The molecule has 0 saturated carbocycles. The van der Waals surface area contributed by atoms with Crippen molar-refractivity contribution in [2.75, 3.05) is 6.61 Å². The number of hydrogen-bond donors (Lipinski definition) is 0. The predicted octanol–water partition coefficient (Wildman–Crippen LogP) is 4.41. The van der Waals surface area contributed by atoms with Crippen LogP contribution in [0.4, 0.5) is 8.78 Å². The SMILES string of the molecule is C[C@H]1OC[C@@](CC(=O)OC(C)(C)C)(c2cccc(F)c2F)[C@@H]1CC(C)(C#N)C#N. The fraction of sp³-hybridized carbons (Fsp3) is 0.591. The zero-order valence-electron chi connectivity index (χ0n) is 17.4. The molecule has 1 aliphatic rings. The van der Waals surface area contributed by atoms with Gasteiger partial charge in [0, 0.05) is 11.0 Å². The Labute approximate surface area is 170 Å². The van der Waals surface area contributed by atoms with Gasteiger partial charge in [-0.2, -0.15) is 10.5 Å². The normalized spacial score (nSPS) is 24.6. The maximum Gasteiger partial charge on any atom is 0.307 e. The van der Waals surface area contributed by atoms with Crippen LogP contribution in [-0.2, 0) is 19.7 Å². The van der Waals surface area contributed by atoms with Gasteiger partial charge in [0.05, 0.1) is 31.3 Å². The third kappa shape index (κ3) is 4.74. The first-order chi connectivity index (χ1) is 13.4. The number of carbonyl (C=O) groups excluding carboxylic acids is 1. The first-order valence-electron chi connectivity index (χ1n) is 9.48. The molecule has 1 saturated heterocycles. The van der Waals surface area contributed by atoms with E-state index in [4.69, 9.17) is 9.47 Å². The monoisotopic (exact) mass is 404 g/mol. The van der Waals surface area contributed by atoms with Crippen molar-refractivity contribution in [3.05, 3.63) is 35.4 Å². The smallest absolute Gasteiger partial charge is 0.307 e. The predicted molar refractivity (Wildman–Crippen MR) is 101 cm³/mol. The lowest BCUT2D eigenvalue weighted by molar-refractivity contribution is -0.157. The van der Waals surface area contributed by atoms with E-state index in [2.05, 4.69) is 0 Å². The summed E-state index contributed by atoms with van der Waals surface area (Å²) >= 11 is 0. The molecule has 156 valence electrons. The molecule has 0 bridgehead atoms. The Bertz CT molecular complexity index is 852. The summed E-state index contributed by atoms with van der Waals surface area (Å²) in [6, 6.07) is 7.76. The van der Waals surface area contributed by atoms with Gasteiger partial charge < -0.3 is 9.47 Å². The molecule has 2 rings (SSSR count). The fourth-order valence-corrected chi connectivity index (χ4v) is 3.95. The quantitative estimate of drug-likeness (QED) is 0.679. The summed E-state index contributed by atoms with van der Waals surface area (Å²) in [7, 11) is 0. The summed E-state index contributed by atoms with van der Waals surface area (Å²) in [5, 5.41) is 18.9. The zero-order chi connectivity index (χ0) is 22.0. The molecule has 1 heterocycles. The molecule has 1 aliphatic heterocycles. The summed E-state index contributed by atoms with van der Waals surface area (Å²) in [5.74, 6) is -3.25. The maximum atomic E-state index is 14.9. The Morgan fingerprint density at radius 3 is 2.45 bits per heavy atom. The number of halogens is 2. The zero-order valence-corrected chi connectivity index (χ0v) is 17.4. The van der Waals surface area contributed by atoms with Crippen LogP contribution in [0, 0.1) is 45.6 Å². The van der Waals surface area contributed by atoms with Crippen LogP contribution in [0.25, 0.3) is 0 Å². The van der Waals surface area contributed by atoms with Crippen LogP contribution in [0.2, 0.25) is 0 Å². The third-order valence-electron chi connectivity index (χ3n) is 5.37. The molecule has 1 aromatic rings. The van der Waals surface area contributed by atoms with Gasteiger partial charge in [-0.1, -0.05) is 12.1 Å². The summed E-state index contributed by atoms with van der Waals surface area (Å²) in [5.41, 5.74) is -3.39. The molecule has 3 atom stereocenters. The molecule has 0 aliphatic carbocycles. The van der Waals surface area contributed by atoms with Crippen molar-refractivity contribution < 1.29 is 23.0 Å². The molecule has 0 amide bonds. The van der Waals surface area contributed by atoms with Gasteiger partial charge in [-0.3, -0.25) is 4.79 Å². The lowest BCUT2D eigenvalue weighted by Crippen LogP contribution is -2.42. The summed E-state index contributed by atoms with van der Waals surface area (Å²) < 4.78 is 40.2. The van der Waals surface area contributed by atoms with Crippen LogP contribution in [0.1, 0.15) is 53.0 Å². The highest BCUT2D eigenvalue weighted by Gasteiger charge is 2.54. The molecular weight excluding hydrogens is 378 g/mol. The Hall–Kier alpha value is -2.51. The topological polar surface area (TPSA) is 83.1 Å². The van der Waals surface area contributed by atoms with Crippen molar-refractivity contribution in [2.24, 2.45) is 11.3 Å². The highest BCUT2D eigenvalue weighted by molar-refractivity contribution is 5.72. The molecule has 0 unspecified atom stereocenters. The van der Waals surface area contributed by atoms with Gasteiger partial charge in [-0.25, -0.2) is 8.78 Å². The average molecular weight is 404 g/mol. The second-order valence-corrected chi connectivity index (χ2v) is 8.90. The Morgan fingerprint density at radius 2 is 1.90 bits per heavy atom. The number of nitriles is 2. The minimum Gasteiger partial charge on any atom is -0.460 e. The van der Waals surface area contributed by atoms with E-state index in [1.54, 1.807) is 27.7 Å². The molecule has 0 radical (unpaired) electrons. The van der Waals surface area contributed by atoms with E-state index in [9.17, 15) is 24.1 Å². The van der Waals surface area contributed by atoms with Crippen molar-refractivity contribution in [1.29, 1.82) is 10.5 Å². The largest absolute Gasteiger partial charge is 0.460 e. The van der Waals surface area contributed by atoms with Crippen LogP contribution >= 0.6 is 0 Å². The van der Waals surface area contributed by atoms with E-state index in [0.29, 0.717) is 0 Å². The highest BCUT2D eigenvalue weighted by atomic mass is 19.2. The van der Waals surface area contributed by atoms with Gasteiger partial charge in [0.1, 0.15) is 11.0 Å². The molecule has 1 fully saturated rings. The molecule has 0 N–H and O–H groups in total. The van der Waals surface area contributed by atoms with Crippen LogP contribution in [0.5, 0.6) is 0 Å². The highest BCUT2D eigenvalue weighted by Crippen LogP contribution is 2.50. The van der Waals surface area contributed by atoms with Crippen LogP contribution < -0.4 is 0 Å². The van der Waals surface area contributed by atoms with Crippen molar-refractivity contribution in [2.45, 2.75) is 64.6 Å². The maximum absolute atomic E-state index is 14.9. The Kier molecular flexibility index (Phi) is 6.35. The van der Waals surface area contributed by atoms with E-state index >= 15 is 0 Å². The number of ether oxygens (including phenoxy) is 2. The van der Waals surface area contributed by atoms with E-state index in [1.165, 1.54) is 19.1 Å². The first-order valence-corrected chi connectivity index (χ1v) is 9.48. The van der Waals surface area contributed by atoms with Gasteiger partial charge in [-0.05, 0) is 53.0 Å². The van der Waals surface area contributed by atoms with Crippen molar-refractivity contribution in [1.82, 2.24) is 0 Å². The molecular formula is C22H26F2N2O3. The molecule has 1 aromatic carbocycles. The lowest BCUT2D eigenvalue weighted by Gasteiger charge is -2.37. The van der Waals surface area contributed by atoms with E-state index in [0.717, 1.165) is 6.07 Å². The number of hydrogen-bond acceptors (Lipinski definition) is 5. The Morgan fingerprint density at radius 1 is 1.28 bits per heavy atom. The van der Waals surface area contributed by atoms with Crippen LogP contribution in [-0.4, -0.2) is 24.3 Å². The minimum atomic E-state index is -1.37. The van der Waals surface area contributed by atoms with E-state index in [-0.39, 0.29) is 25.0 Å². The third-order valence-corrected chi connectivity index (χ3v) is 5.37. The van der Waals surface area contributed by atoms with Crippen molar-refractivity contribution in [3.8, 4) is 12.1 Å². The van der Waals surface area contributed by atoms with E-state index < -0.39 is 46.1 Å². The standard InChI is InChI=1S/C22H26F2N2O3/c1-14-16(9-21(5,11-25)12-26)22(13-28-14,10-18(27)29-20(2,3)4)15-7-6-8-17(23)19(15)24/h6-8,14,16H,9-10,13H2,1-5H3/t14-,16-,22+/m1/s1. The van der Waals surface area contributed by atoms with Gasteiger partial charge in [0.15, 0.2) is 11.6 Å². The molecule has 0 spiro atoms. The van der Waals surface area contributed by atoms with Crippen LogP contribution in [0.3, 0.4) is 0 Å². The number of rotatable bonds is 5. The average Bonchev–Trinajstić information content (AvgIpc) is 2.92. The second kappa shape index (κ2) is 8.08. The van der Waals surface area contributed by atoms with Crippen molar-refractivity contribution in [3.63, 3.8) is 0 Å². The minimum absolute atomic E-state index is 0.00376. The molecule has 0 aromatic heterocycles. The summed E-state index contributed by atoms with van der Waals surface area (Å²) in [4.78, 5) is 12.7. The second-order valence-electron chi connectivity index (χ2n) is 8.90. The molecule has 5 nitrogen and oxygen atoms in total. The molecule has 7 heteroatoms. The van der Waals surface area contributed by atoms with E-state index in [1.807, 2.05) is 12.1 Å². The first kappa shape index (κ1) is 22.8. The fourth-order valence-electron chi connectivity index (χ4n) is 3.95. The summed E-state index contributed by atoms with van der Waals surface area (Å²) in [6.45, 7) is 8.33. The lowest BCUT2D eigenvalue weighted by atomic mass is 9.63. The molecule has 29 heavy (non-hydrogen) atoms.